The first-order valence-electron chi connectivity index (χ1n) is 5.93. The summed E-state index contributed by atoms with van der Waals surface area (Å²) in [4.78, 5) is 4.57. The van der Waals surface area contributed by atoms with Gasteiger partial charge in [-0.05, 0) is 25.7 Å². The van der Waals surface area contributed by atoms with E-state index in [1.807, 2.05) is 0 Å². The zero-order chi connectivity index (χ0) is 10.3. The lowest BCUT2D eigenvalue weighted by atomic mass is 9.82. The fraction of sp³-hybridized carbons (Fsp3) is 0.818. The molecule has 1 heterocycles. The Morgan fingerprint density at radius 2 is 1.87 bits per heavy atom. The first-order valence-corrected chi connectivity index (χ1v) is 5.93. The fourth-order valence-electron chi connectivity index (χ4n) is 2.65. The Balaban J connectivity index is 1.70. The van der Waals surface area contributed by atoms with Crippen molar-refractivity contribution in [3.05, 3.63) is 11.6 Å². The third-order valence-electron chi connectivity index (χ3n) is 3.74. The Kier molecular flexibility index (Phi) is 2.24. The molecule has 0 spiro atoms. The van der Waals surface area contributed by atoms with Crippen LogP contribution < -0.4 is 0 Å². The minimum Gasteiger partial charge on any atom is -0.393 e. The maximum atomic E-state index is 9.23. The molecule has 1 aromatic rings. The van der Waals surface area contributed by atoms with Crippen molar-refractivity contribution in [2.24, 2.45) is 0 Å². The van der Waals surface area contributed by atoms with Gasteiger partial charge >= 0.3 is 0 Å². The second kappa shape index (κ2) is 3.59. The number of nitrogens with zero attached hydrogens (tertiary/aromatic N) is 2. The van der Waals surface area contributed by atoms with Crippen molar-refractivity contribution in [1.29, 1.82) is 0 Å². The van der Waals surface area contributed by atoms with Gasteiger partial charge in [0.25, 0.3) is 0 Å². The number of aliphatic hydroxyl groups excluding tert-OH is 1. The Morgan fingerprint density at radius 1 is 1.13 bits per heavy atom. The number of aliphatic hydroxyl groups is 1. The molecule has 0 bridgehead atoms. The van der Waals surface area contributed by atoms with Crippen LogP contribution in [0.5, 0.6) is 0 Å². The fourth-order valence-corrected chi connectivity index (χ4v) is 2.65. The number of nitrogens with one attached hydrogen (secondary N) is 1. The highest BCUT2D eigenvalue weighted by Crippen LogP contribution is 2.37. The van der Waals surface area contributed by atoms with E-state index in [2.05, 4.69) is 15.2 Å². The van der Waals surface area contributed by atoms with E-state index in [9.17, 15) is 5.11 Å². The second-order valence-electron chi connectivity index (χ2n) is 4.88. The molecule has 2 saturated carbocycles. The zero-order valence-corrected chi connectivity index (χ0v) is 8.82. The molecule has 2 fully saturated rings. The van der Waals surface area contributed by atoms with Crippen LogP contribution in [-0.2, 0) is 0 Å². The molecule has 15 heavy (non-hydrogen) atoms. The van der Waals surface area contributed by atoms with Gasteiger partial charge in [0, 0.05) is 11.8 Å². The largest absolute Gasteiger partial charge is 0.393 e. The van der Waals surface area contributed by atoms with Gasteiger partial charge < -0.3 is 5.11 Å². The molecule has 0 aromatic carbocycles. The van der Waals surface area contributed by atoms with Crippen molar-refractivity contribution in [2.75, 3.05) is 0 Å². The summed E-state index contributed by atoms with van der Waals surface area (Å²) in [5.74, 6) is 2.99. The summed E-state index contributed by atoms with van der Waals surface area (Å²) in [5, 5.41) is 16.6. The summed E-state index contributed by atoms with van der Waals surface area (Å²) in [6.45, 7) is 0. The van der Waals surface area contributed by atoms with Gasteiger partial charge in [-0.3, -0.25) is 5.10 Å². The number of hydrogen-bond donors (Lipinski definition) is 2. The van der Waals surface area contributed by atoms with Gasteiger partial charge in [0.05, 0.1) is 6.10 Å². The van der Waals surface area contributed by atoms with E-state index in [1.165, 1.54) is 25.7 Å². The minimum absolute atomic E-state index is 0.122. The van der Waals surface area contributed by atoms with Gasteiger partial charge in [-0.25, -0.2) is 4.98 Å². The zero-order valence-electron chi connectivity index (χ0n) is 8.82. The van der Waals surface area contributed by atoms with Crippen LogP contribution in [0.25, 0.3) is 0 Å². The van der Waals surface area contributed by atoms with E-state index >= 15 is 0 Å². The number of aromatic amines is 1. The molecule has 0 unspecified atom stereocenters. The molecule has 0 amide bonds. The van der Waals surface area contributed by atoms with Crippen LogP contribution in [0.4, 0.5) is 0 Å². The first-order chi connectivity index (χ1) is 7.33. The molecule has 0 radical (unpaired) electrons. The molecule has 0 saturated heterocycles. The van der Waals surface area contributed by atoms with Crippen molar-refractivity contribution in [1.82, 2.24) is 15.2 Å². The minimum atomic E-state index is -0.122. The van der Waals surface area contributed by atoms with E-state index in [-0.39, 0.29) is 6.10 Å². The molecule has 2 aliphatic rings. The van der Waals surface area contributed by atoms with E-state index in [0.29, 0.717) is 11.8 Å². The SMILES string of the molecule is OC1CC(c2n[nH]c(C3CCCC3)n2)C1. The highest BCUT2D eigenvalue weighted by molar-refractivity contribution is 5.07. The number of rotatable bonds is 2. The molecule has 2 N–H and O–H groups in total. The molecular weight excluding hydrogens is 190 g/mol. The van der Waals surface area contributed by atoms with Crippen molar-refractivity contribution in [3.63, 3.8) is 0 Å². The average molecular weight is 207 g/mol. The van der Waals surface area contributed by atoms with Crippen LogP contribution in [0.2, 0.25) is 0 Å². The monoisotopic (exact) mass is 207 g/mol. The lowest BCUT2D eigenvalue weighted by Crippen LogP contribution is -2.27. The maximum Gasteiger partial charge on any atom is 0.153 e. The molecule has 4 heteroatoms. The van der Waals surface area contributed by atoms with Crippen LogP contribution in [0.3, 0.4) is 0 Å². The molecule has 82 valence electrons. The van der Waals surface area contributed by atoms with Crippen LogP contribution in [-0.4, -0.2) is 26.4 Å². The first kappa shape index (κ1) is 9.33. The Bertz CT molecular complexity index is 337. The third kappa shape index (κ3) is 1.67. The lowest BCUT2D eigenvalue weighted by Gasteiger charge is -2.28. The van der Waals surface area contributed by atoms with Crippen LogP contribution in [0.15, 0.2) is 0 Å². The molecule has 0 aliphatic heterocycles. The molecular formula is C11H17N3O. The van der Waals surface area contributed by atoms with E-state index in [1.54, 1.807) is 0 Å². The second-order valence-corrected chi connectivity index (χ2v) is 4.88. The van der Waals surface area contributed by atoms with Gasteiger partial charge in [0.2, 0.25) is 0 Å². The molecule has 2 aliphatic carbocycles. The third-order valence-corrected chi connectivity index (χ3v) is 3.74. The molecule has 0 atom stereocenters. The number of H-pyrrole nitrogens is 1. The Labute approximate surface area is 89.1 Å². The van der Waals surface area contributed by atoms with Crippen molar-refractivity contribution in [2.45, 2.75) is 56.5 Å². The van der Waals surface area contributed by atoms with Gasteiger partial charge in [-0.15, -0.1) is 0 Å². The predicted molar refractivity (Wildman–Crippen MR) is 55.6 cm³/mol. The smallest absolute Gasteiger partial charge is 0.153 e. The highest BCUT2D eigenvalue weighted by Gasteiger charge is 2.32. The number of hydrogen-bond acceptors (Lipinski definition) is 3. The van der Waals surface area contributed by atoms with Crippen molar-refractivity contribution in [3.8, 4) is 0 Å². The summed E-state index contributed by atoms with van der Waals surface area (Å²) >= 11 is 0. The number of aromatic nitrogens is 3. The summed E-state index contributed by atoms with van der Waals surface area (Å²) in [5.41, 5.74) is 0. The van der Waals surface area contributed by atoms with Gasteiger partial charge in [-0.2, -0.15) is 5.10 Å². The lowest BCUT2D eigenvalue weighted by molar-refractivity contribution is 0.0717. The maximum absolute atomic E-state index is 9.23. The van der Waals surface area contributed by atoms with Crippen molar-refractivity contribution >= 4 is 0 Å². The normalized spacial score (nSPS) is 31.8. The topological polar surface area (TPSA) is 61.8 Å². The summed E-state index contributed by atoms with van der Waals surface area (Å²) in [6, 6.07) is 0. The summed E-state index contributed by atoms with van der Waals surface area (Å²) < 4.78 is 0. The van der Waals surface area contributed by atoms with Crippen LogP contribution in [0.1, 0.15) is 62.0 Å². The summed E-state index contributed by atoms with van der Waals surface area (Å²) in [7, 11) is 0. The van der Waals surface area contributed by atoms with Crippen molar-refractivity contribution < 1.29 is 5.11 Å². The Morgan fingerprint density at radius 3 is 2.53 bits per heavy atom. The highest BCUT2D eigenvalue weighted by atomic mass is 16.3. The molecule has 1 aromatic heterocycles. The van der Waals surface area contributed by atoms with Crippen LogP contribution >= 0.6 is 0 Å². The summed E-state index contributed by atoms with van der Waals surface area (Å²) in [6.07, 6.45) is 6.70. The quantitative estimate of drug-likeness (QED) is 0.776. The molecule has 4 nitrogen and oxygen atoms in total. The van der Waals surface area contributed by atoms with E-state index in [0.717, 1.165) is 24.5 Å². The van der Waals surface area contributed by atoms with Gasteiger partial charge in [0.1, 0.15) is 5.82 Å². The Hall–Kier alpha value is -0.900. The van der Waals surface area contributed by atoms with Gasteiger partial charge in [-0.1, -0.05) is 12.8 Å². The standard InChI is InChI=1S/C11H17N3O/c15-9-5-8(6-9)11-12-10(13-14-11)7-3-1-2-4-7/h7-9,15H,1-6H2,(H,12,13,14). The van der Waals surface area contributed by atoms with E-state index < -0.39 is 0 Å². The van der Waals surface area contributed by atoms with Crippen LogP contribution in [0, 0.1) is 0 Å². The van der Waals surface area contributed by atoms with E-state index in [4.69, 9.17) is 0 Å². The van der Waals surface area contributed by atoms with Gasteiger partial charge in [0.15, 0.2) is 5.82 Å². The average Bonchev–Trinajstić information content (AvgIpc) is 2.83. The molecule has 3 rings (SSSR count). The predicted octanol–water partition coefficient (Wildman–Crippen LogP) is 1.70.